The highest BCUT2D eigenvalue weighted by Gasteiger charge is 2.38. The van der Waals surface area contributed by atoms with Gasteiger partial charge in [-0.1, -0.05) is 80.8 Å². The summed E-state index contributed by atoms with van der Waals surface area (Å²) in [5, 5.41) is 1.58. The van der Waals surface area contributed by atoms with Gasteiger partial charge >= 0.3 is 0 Å². The monoisotopic (exact) mass is 463 g/mol. The maximum absolute atomic E-state index is 6.29. The van der Waals surface area contributed by atoms with Gasteiger partial charge in [0, 0.05) is 39.3 Å². The maximum atomic E-state index is 6.29. The van der Waals surface area contributed by atoms with Crippen molar-refractivity contribution in [3.8, 4) is 0 Å². The van der Waals surface area contributed by atoms with Gasteiger partial charge in [-0.25, -0.2) is 0 Å². The summed E-state index contributed by atoms with van der Waals surface area (Å²) in [6.45, 7) is 13.4. The van der Waals surface area contributed by atoms with Crippen molar-refractivity contribution in [3.63, 3.8) is 0 Å². The van der Waals surface area contributed by atoms with E-state index in [0.717, 1.165) is 10.0 Å². The van der Waals surface area contributed by atoms with Crippen molar-refractivity contribution < 1.29 is 0 Å². The highest BCUT2D eigenvalue weighted by atomic mass is 35.5. The number of hydrogen-bond acceptors (Lipinski definition) is 1. The molecule has 0 atom stereocenters. The number of anilines is 1. The molecule has 2 aromatic rings. The molecule has 2 aromatic carbocycles. The lowest BCUT2D eigenvalue weighted by Crippen LogP contribution is -2.22. The quantitative estimate of drug-likeness (QED) is 0.410. The standard InChI is InChI=1S/C29H31Cl2N/c1-18(8-13-23-19(2)22-12-10-20(30)16-24(22)28(23,3)4)9-15-27-29(5,6)25-17-21(31)11-14-26(25)32(27)7/h8-17H,1-7H3/b13-8+,18-9+,27-15-. The smallest absolute Gasteiger partial charge is 0.0449 e. The Bertz CT molecular complexity index is 1220. The van der Waals surface area contributed by atoms with Crippen LogP contribution in [0.1, 0.15) is 58.2 Å². The second-order valence-corrected chi connectivity index (χ2v) is 10.9. The molecule has 1 aliphatic heterocycles. The Balaban J connectivity index is 1.63. The fourth-order valence-electron chi connectivity index (χ4n) is 5.24. The fourth-order valence-corrected chi connectivity index (χ4v) is 5.59. The van der Waals surface area contributed by atoms with Crippen molar-refractivity contribution in [3.05, 3.63) is 104 Å². The SMILES string of the molecule is CC1=C(/C=C/C(C)=C/C=C2\N(C)c3ccc(Cl)cc3C2(C)C)C(C)(C)c2cc(Cl)ccc21. The molecular weight excluding hydrogens is 433 g/mol. The molecule has 4 rings (SSSR count). The highest BCUT2D eigenvalue weighted by Crippen LogP contribution is 2.48. The molecule has 1 heterocycles. The maximum Gasteiger partial charge on any atom is 0.0449 e. The zero-order chi connectivity index (χ0) is 23.4. The highest BCUT2D eigenvalue weighted by molar-refractivity contribution is 6.31. The van der Waals surface area contributed by atoms with E-state index < -0.39 is 0 Å². The average molecular weight is 464 g/mol. The van der Waals surface area contributed by atoms with Gasteiger partial charge in [0.25, 0.3) is 0 Å². The van der Waals surface area contributed by atoms with E-state index in [9.17, 15) is 0 Å². The second kappa shape index (κ2) is 7.97. The molecule has 0 fully saturated rings. The van der Waals surface area contributed by atoms with Gasteiger partial charge < -0.3 is 4.90 Å². The fraction of sp³-hybridized carbons (Fsp3) is 0.310. The molecule has 0 radical (unpaired) electrons. The Morgan fingerprint density at radius 1 is 0.906 bits per heavy atom. The molecule has 0 amide bonds. The van der Waals surface area contributed by atoms with Crippen LogP contribution in [0, 0.1) is 0 Å². The first kappa shape index (κ1) is 23.0. The number of fused-ring (bicyclic) bond motifs is 2. The van der Waals surface area contributed by atoms with E-state index >= 15 is 0 Å². The summed E-state index contributed by atoms with van der Waals surface area (Å²) in [5.74, 6) is 0. The van der Waals surface area contributed by atoms with Crippen molar-refractivity contribution in [2.24, 2.45) is 0 Å². The molecule has 1 aliphatic carbocycles. The Morgan fingerprint density at radius 3 is 2.22 bits per heavy atom. The predicted molar refractivity (Wildman–Crippen MR) is 141 cm³/mol. The van der Waals surface area contributed by atoms with E-state index in [-0.39, 0.29) is 10.8 Å². The lowest BCUT2D eigenvalue weighted by Gasteiger charge is -2.24. The normalized spacial score (nSPS) is 20.5. The van der Waals surface area contributed by atoms with E-state index in [4.69, 9.17) is 23.2 Å². The van der Waals surface area contributed by atoms with Gasteiger partial charge in [-0.3, -0.25) is 0 Å². The van der Waals surface area contributed by atoms with Crippen LogP contribution in [0.3, 0.4) is 0 Å². The van der Waals surface area contributed by atoms with E-state index in [2.05, 4.69) is 102 Å². The topological polar surface area (TPSA) is 3.24 Å². The van der Waals surface area contributed by atoms with Gasteiger partial charge in [0.15, 0.2) is 0 Å². The number of halogens is 2. The predicted octanol–water partition coefficient (Wildman–Crippen LogP) is 8.87. The molecule has 1 nitrogen and oxygen atoms in total. The molecule has 0 saturated heterocycles. The van der Waals surface area contributed by atoms with E-state index in [1.807, 2.05) is 12.1 Å². The molecular formula is C29H31Cl2N. The molecule has 3 heteroatoms. The van der Waals surface area contributed by atoms with E-state index in [0.29, 0.717) is 0 Å². The van der Waals surface area contributed by atoms with Crippen LogP contribution in [-0.4, -0.2) is 7.05 Å². The third kappa shape index (κ3) is 3.66. The second-order valence-electron chi connectivity index (χ2n) is 9.99. The zero-order valence-electron chi connectivity index (χ0n) is 20.0. The number of likely N-dealkylation sites (N-methyl/N-ethyl adjacent to an activating group) is 1. The Hall–Kier alpha value is -2.22. The average Bonchev–Trinajstić information content (AvgIpc) is 3.02. The summed E-state index contributed by atoms with van der Waals surface area (Å²) in [5.41, 5.74) is 10.1. The van der Waals surface area contributed by atoms with Crippen LogP contribution < -0.4 is 4.90 Å². The van der Waals surface area contributed by atoms with Gasteiger partial charge in [-0.2, -0.15) is 0 Å². The number of rotatable bonds is 3. The lowest BCUT2D eigenvalue weighted by molar-refractivity contribution is 0.640. The Morgan fingerprint density at radius 2 is 1.53 bits per heavy atom. The minimum absolute atomic E-state index is 0.0614. The summed E-state index contributed by atoms with van der Waals surface area (Å²) < 4.78 is 0. The van der Waals surface area contributed by atoms with Gasteiger partial charge in [-0.15, -0.1) is 0 Å². The van der Waals surface area contributed by atoms with Crippen molar-refractivity contribution in [1.29, 1.82) is 0 Å². The van der Waals surface area contributed by atoms with Gasteiger partial charge in [0.2, 0.25) is 0 Å². The molecule has 166 valence electrons. The Kier molecular flexibility index (Phi) is 5.72. The zero-order valence-corrected chi connectivity index (χ0v) is 21.5. The first-order valence-electron chi connectivity index (χ1n) is 11.1. The van der Waals surface area contributed by atoms with Crippen molar-refractivity contribution in [1.82, 2.24) is 0 Å². The molecule has 0 saturated carbocycles. The molecule has 0 bridgehead atoms. The molecule has 0 aromatic heterocycles. The van der Waals surface area contributed by atoms with E-state index in [1.54, 1.807) is 0 Å². The minimum Gasteiger partial charge on any atom is -0.347 e. The lowest BCUT2D eigenvalue weighted by atomic mass is 9.81. The largest absolute Gasteiger partial charge is 0.347 e. The van der Waals surface area contributed by atoms with Crippen LogP contribution in [0.15, 0.2) is 77.5 Å². The van der Waals surface area contributed by atoms with Gasteiger partial charge in [-0.05, 0) is 78.1 Å². The van der Waals surface area contributed by atoms with Crippen molar-refractivity contribution in [2.75, 3.05) is 11.9 Å². The summed E-state index contributed by atoms with van der Waals surface area (Å²) in [7, 11) is 2.13. The van der Waals surface area contributed by atoms with Crippen LogP contribution in [0.4, 0.5) is 5.69 Å². The van der Waals surface area contributed by atoms with Gasteiger partial charge in [0.05, 0.1) is 0 Å². The number of nitrogens with zero attached hydrogens (tertiary/aromatic N) is 1. The molecule has 2 aliphatic rings. The van der Waals surface area contributed by atoms with Crippen molar-refractivity contribution in [2.45, 2.75) is 52.4 Å². The van der Waals surface area contributed by atoms with Gasteiger partial charge in [0.1, 0.15) is 0 Å². The third-order valence-electron chi connectivity index (χ3n) is 7.15. The van der Waals surface area contributed by atoms with E-state index in [1.165, 1.54) is 44.8 Å². The van der Waals surface area contributed by atoms with Crippen LogP contribution in [0.25, 0.3) is 5.57 Å². The third-order valence-corrected chi connectivity index (χ3v) is 7.62. The summed E-state index contributed by atoms with van der Waals surface area (Å²) in [6, 6.07) is 12.4. The molecule has 0 N–H and O–H groups in total. The first-order valence-corrected chi connectivity index (χ1v) is 11.8. The summed E-state index contributed by atoms with van der Waals surface area (Å²) in [6.07, 6.45) is 8.94. The molecule has 0 spiro atoms. The number of hydrogen-bond donors (Lipinski definition) is 0. The van der Waals surface area contributed by atoms with Crippen LogP contribution in [0.2, 0.25) is 10.0 Å². The molecule has 0 unspecified atom stereocenters. The number of benzene rings is 2. The van der Waals surface area contributed by atoms with Crippen LogP contribution in [0.5, 0.6) is 0 Å². The first-order chi connectivity index (χ1) is 14.9. The Labute approximate surface area is 202 Å². The van der Waals surface area contributed by atoms with Crippen LogP contribution in [-0.2, 0) is 10.8 Å². The van der Waals surface area contributed by atoms with Crippen molar-refractivity contribution >= 4 is 34.5 Å². The number of allylic oxidation sites excluding steroid dienone is 8. The molecule has 32 heavy (non-hydrogen) atoms. The summed E-state index contributed by atoms with van der Waals surface area (Å²) in [4.78, 5) is 2.27. The minimum atomic E-state index is -0.0943. The summed E-state index contributed by atoms with van der Waals surface area (Å²) >= 11 is 12.6. The van der Waals surface area contributed by atoms with Crippen LogP contribution >= 0.6 is 23.2 Å².